The fraction of sp³-hybridized carbons (Fsp3) is 0.316. The van der Waals surface area contributed by atoms with E-state index in [4.69, 9.17) is 21.1 Å². The van der Waals surface area contributed by atoms with Crippen molar-refractivity contribution in [1.29, 1.82) is 0 Å². The van der Waals surface area contributed by atoms with Crippen LogP contribution in [-0.4, -0.2) is 25.2 Å². The highest BCUT2D eigenvalue weighted by molar-refractivity contribution is 6.30. The van der Waals surface area contributed by atoms with Gasteiger partial charge in [-0.15, -0.1) is 0 Å². The molecule has 2 aromatic carbocycles. The highest BCUT2D eigenvalue weighted by Gasteiger charge is 2.15. The van der Waals surface area contributed by atoms with Crippen molar-refractivity contribution >= 4 is 17.5 Å². The van der Waals surface area contributed by atoms with Crippen LogP contribution in [0.4, 0.5) is 0 Å². The van der Waals surface area contributed by atoms with E-state index in [-0.39, 0.29) is 5.91 Å². The molecular weight excluding hydrogens is 326 g/mol. The molecule has 0 bridgehead atoms. The number of halogens is 1. The molecule has 1 atom stereocenters. The molecule has 0 saturated heterocycles. The molecule has 2 rings (SSSR count). The van der Waals surface area contributed by atoms with Gasteiger partial charge in [-0.3, -0.25) is 4.79 Å². The van der Waals surface area contributed by atoms with Gasteiger partial charge in [-0.2, -0.15) is 0 Å². The van der Waals surface area contributed by atoms with Gasteiger partial charge in [0, 0.05) is 5.02 Å². The highest BCUT2D eigenvalue weighted by Crippen LogP contribution is 2.20. The van der Waals surface area contributed by atoms with E-state index in [9.17, 15) is 4.79 Å². The molecule has 5 heteroatoms. The third-order valence-corrected chi connectivity index (χ3v) is 3.74. The zero-order valence-electron chi connectivity index (χ0n) is 14.1. The second-order valence-corrected chi connectivity index (χ2v) is 6.06. The lowest BCUT2D eigenvalue weighted by atomic mass is 10.1. The number of aryl methyl sites for hydroxylation is 2. The van der Waals surface area contributed by atoms with Crippen molar-refractivity contribution in [1.82, 2.24) is 5.32 Å². The van der Waals surface area contributed by atoms with Crippen molar-refractivity contribution in [2.75, 3.05) is 13.2 Å². The predicted molar refractivity (Wildman–Crippen MR) is 96.0 cm³/mol. The Morgan fingerprint density at radius 2 is 1.88 bits per heavy atom. The summed E-state index contributed by atoms with van der Waals surface area (Å²) in [5, 5.41) is 3.46. The molecule has 0 fully saturated rings. The van der Waals surface area contributed by atoms with Crippen molar-refractivity contribution in [3.8, 4) is 11.5 Å². The first-order valence-corrected chi connectivity index (χ1v) is 8.23. The molecule has 0 aliphatic heterocycles. The first-order valence-electron chi connectivity index (χ1n) is 7.85. The van der Waals surface area contributed by atoms with E-state index in [1.54, 1.807) is 31.2 Å². The van der Waals surface area contributed by atoms with Crippen molar-refractivity contribution in [2.45, 2.75) is 26.9 Å². The minimum atomic E-state index is -0.568. The van der Waals surface area contributed by atoms with Crippen molar-refractivity contribution in [2.24, 2.45) is 0 Å². The molecule has 0 unspecified atom stereocenters. The summed E-state index contributed by atoms with van der Waals surface area (Å²) < 4.78 is 11.3. The molecule has 2 aromatic rings. The SMILES string of the molecule is Cc1ccc(O[C@H](C)C(=O)NCCOc2ccc(Cl)cc2)c(C)c1. The summed E-state index contributed by atoms with van der Waals surface area (Å²) in [5.74, 6) is 1.27. The summed E-state index contributed by atoms with van der Waals surface area (Å²) in [5.41, 5.74) is 2.18. The number of benzene rings is 2. The summed E-state index contributed by atoms with van der Waals surface area (Å²) in [6, 6.07) is 13.0. The average molecular weight is 348 g/mol. The van der Waals surface area contributed by atoms with Crippen LogP contribution in [0.25, 0.3) is 0 Å². The minimum Gasteiger partial charge on any atom is -0.492 e. The number of amides is 1. The molecule has 0 aliphatic carbocycles. The Labute approximate surface area is 147 Å². The summed E-state index contributed by atoms with van der Waals surface area (Å²) >= 11 is 5.81. The summed E-state index contributed by atoms with van der Waals surface area (Å²) in [6.45, 7) is 6.50. The zero-order chi connectivity index (χ0) is 17.5. The van der Waals surface area contributed by atoms with E-state index in [1.807, 2.05) is 32.0 Å². The average Bonchev–Trinajstić information content (AvgIpc) is 2.55. The molecular formula is C19H22ClNO3. The lowest BCUT2D eigenvalue weighted by molar-refractivity contribution is -0.127. The number of carbonyl (C=O) groups is 1. The Morgan fingerprint density at radius 1 is 1.17 bits per heavy atom. The Morgan fingerprint density at radius 3 is 2.54 bits per heavy atom. The molecule has 1 amide bonds. The first-order chi connectivity index (χ1) is 11.5. The topological polar surface area (TPSA) is 47.6 Å². The second kappa shape index (κ2) is 8.60. The van der Waals surface area contributed by atoms with Crippen LogP contribution in [0.5, 0.6) is 11.5 Å². The maximum Gasteiger partial charge on any atom is 0.260 e. The lowest BCUT2D eigenvalue weighted by Gasteiger charge is -2.16. The van der Waals surface area contributed by atoms with Crippen molar-refractivity contribution in [3.63, 3.8) is 0 Å². The minimum absolute atomic E-state index is 0.172. The molecule has 0 aliphatic rings. The summed E-state index contributed by atoms with van der Waals surface area (Å²) in [7, 11) is 0. The Hall–Kier alpha value is -2.20. The Balaban J connectivity index is 1.74. The van der Waals surface area contributed by atoms with E-state index < -0.39 is 6.10 Å². The third-order valence-electron chi connectivity index (χ3n) is 3.49. The van der Waals surface area contributed by atoms with Gasteiger partial charge in [0.15, 0.2) is 6.10 Å². The molecule has 0 spiro atoms. The smallest absolute Gasteiger partial charge is 0.260 e. The van der Waals surface area contributed by atoms with E-state index in [2.05, 4.69) is 5.32 Å². The number of hydrogen-bond donors (Lipinski definition) is 1. The largest absolute Gasteiger partial charge is 0.492 e. The Kier molecular flexibility index (Phi) is 6.50. The maximum absolute atomic E-state index is 12.1. The number of ether oxygens (including phenoxy) is 2. The normalized spacial score (nSPS) is 11.7. The van der Waals surface area contributed by atoms with Crippen LogP contribution in [0.15, 0.2) is 42.5 Å². The molecule has 0 radical (unpaired) electrons. The van der Waals surface area contributed by atoms with E-state index >= 15 is 0 Å². The number of rotatable bonds is 7. The quantitative estimate of drug-likeness (QED) is 0.772. The van der Waals surface area contributed by atoms with Gasteiger partial charge >= 0.3 is 0 Å². The molecule has 24 heavy (non-hydrogen) atoms. The van der Waals surface area contributed by atoms with Gasteiger partial charge in [-0.05, 0) is 56.7 Å². The molecule has 0 saturated carbocycles. The zero-order valence-corrected chi connectivity index (χ0v) is 14.9. The summed E-state index contributed by atoms with van der Waals surface area (Å²) in [6.07, 6.45) is -0.568. The van der Waals surface area contributed by atoms with Crippen molar-refractivity contribution in [3.05, 3.63) is 58.6 Å². The third kappa shape index (κ3) is 5.46. The molecule has 0 heterocycles. The van der Waals surface area contributed by atoms with Gasteiger partial charge in [0.05, 0.1) is 6.54 Å². The Bertz CT molecular complexity index is 686. The van der Waals surface area contributed by atoms with Crippen LogP contribution in [0, 0.1) is 13.8 Å². The summed E-state index contributed by atoms with van der Waals surface area (Å²) in [4.78, 5) is 12.1. The van der Waals surface area contributed by atoms with Crippen LogP contribution in [0.1, 0.15) is 18.1 Å². The van der Waals surface area contributed by atoms with E-state index in [1.165, 1.54) is 0 Å². The monoisotopic (exact) mass is 347 g/mol. The number of hydrogen-bond acceptors (Lipinski definition) is 3. The van der Waals surface area contributed by atoms with Gasteiger partial charge < -0.3 is 14.8 Å². The van der Waals surface area contributed by atoms with Crippen LogP contribution in [-0.2, 0) is 4.79 Å². The van der Waals surface area contributed by atoms with Gasteiger partial charge in [-0.25, -0.2) is 0 Å². The van der Waals surface area contributed by atoms with Gasteiger partial charge in [0.25, 0.3) is 5.91 Å². The highest BCUT2D eigenvalue weighted by atomic mass is 35.5. The fourth-order valence-electron chi connectivity index (χ4n) is 2.19. The van der Waals surface area contributed by atoms with Crippen LogP contribution >= 0.6 is 11.6 Å². The molecule has 0 aromatic heterocycles. The lowest BCUT2D eigenvalue weighted by Crippen LogP contribution is -2.38. The fourth-order valence-corrected chi connectivity index (χ4v) is 2.32. The van der Waals surface area contributed by atoms with Crippen LogP contribution in [0.3, 0.4) is 0 Å². The van der Waals surface area contributed by atoms with Gasteiger partial charge in [0.2, 0.25) is 0 Å². The van der Waals surface area contributed by atoms with Crippen molar-refractivity contribution < 1.29 is 14.3 Å². The standard InChI is InChI=1S/C19H22ClNO3/c1-13-4-9-18(14(2)12-13)24-15(3)19(22)21-10-11-23-17-7-5-16(20)6-8-17/h4-9,12,15H,10-11H2,1-3H3,(H,21,22)/t15-/m1/s1. The first kappa shape index (κ1) is 18.1. The number of nitrogens with one attached hydrogen (secondary N) is 1. The van der Waals surface area contributed by atoms with Crippen LogP contribution in [0.2, 0.25) is 5.02 Å². The maximum atomic E-state index is 12.1. The van der Waals surface area contributed by atoms with E-state index in [0.717, 1.165) is 16.9 Å². The predicted octanol–water partition coefficient (Wildman–Crippen LogP) is 3.92. The van der Waals surface area contributed by atoms with E-state index in [0.29, 0.717) is 23.9 Å². The molecule has 1 N–H and O–H groups in total. The molecule has 128 valence electrons. The second-order valence-electron chi connectivity index (χ2n) is 5.62. The molecule has 4 nitrogen and oxygen atoms in total. The van der Waals surface area contributed by atoms with Crippen LogP contribution < -0.4 is 14.8 Å². The van der Waals surface area contributed by atoms with Gasteiger partial charge in [0.1, 0.15) is 18.1 Å². The number of carbonyl (C=O) groups excluding carboxylic acids is 1. The van der Waals surface area contributed by atoms with Gasteiger partial charge in [-0.1, -0.05) is 29.3 Å².